The summed E-state index contributed by atoms with van der Waals surface area (Å²) in [6.45, 7) is 13.5. The third-order valence-corrected chi connectivity index (χ3v) is 27.2. The summed E-state index contributed by atoms with van der Waals surface area (Å²) in [5.41, 5.74) is 13.5. The van der Waals surface area contributed by atoms with Crippen molar-refractivity contribution in [2.75, 3.05) is 72.5 Å². The van der Waals surface area contributed by atoms with Crippen molar-refractivity contribution in [2.24, 2.45) is 23.3 Å². The number of methoxy groups -OCH3 is 1. The number of benzene rings is 3. The lowest BCUT2D eigenvalue weighted by atomic mass is 9.99. The van der Waals surface area contributed by atoms with E-state index in [1.54, 1.807) is 93.2 Å². The predicted octanol–water partition coefficient (Wildman–Crippen LogP) is 1.62. The number of aromatic amines is 1. The van der Waals surface area contributed by atoms with Gasteiger partial charge in [0.05, 0.1) is 31.9 Å². The normalized spacial score (nSPS) is 22.8. The zero-order valence-electron chi connectivity index (χ0n) is 87.9. The van der Waals surface area contributed by atoms with Gasteiger partial charge in [-0.25, -0.2) is 0 Å². The first kappa shape index (κ1) is 122. The fourth-order valence-corrected chi connectivity index (χ4v) is 18.6. The molecule has 44 nitrogen and oxygen atoms in total. The van der Waals surface area contributed by atoms with Gasteiger partial charge in [0.2, 0.25) is 112 Å². The van der Waals surface area contributed by atoms with Crippen LogP contribution in [0, 0.1) is 11.8 Å². The maximum atomic E-state index is 16.3. The fourth-order valence-electron chi connectivity index (χ4n) is 17.7. The number of phenolic OH excluding ortho intramolecular Hbond substituents is 1. The van der Waals surface area contributed by atoms with Crippen LogP contribution in [0.15, 0.2) is 85.2 Å². The van der Waals surface area contributed by atoms with Crippen LogP contribution in [-0.4, -0.2) is 315 Å². The Balaban J connectivity index is 1.36. The van der Waals surface area contributed by atoms with Gasteiger partial charge in [0, 0.05) is 132 Å². The van der Waals surface area contributed by atoms with E-state index in [9.17, 15) is 67.7 Å². The third-order valence-electron chi connectivity index (χ3n) is 26.2. The Hall–Kier alpha value is -13.8. The van der Waals surface area contributed by atoms with Gasteiger partial charge in [0.1, 0.15) is 90.8 Å². The van der Waals surface area contributed by atoms with E-state index in [2.05, 4.69) is 74.1 Å². The number of hydrogen-bond donors (Lipinski definition) is 18. The summed E-state index contributed by atoms with van der Waals surface area (Å²) in [6, 6.07) is -0.501. The highest BCUT2D eigenvalue weighted by Crippen LogP contribution is 2.29. The molecule has 2 aromatic heterocycles. The number of phenols is 1. The van der Waals surface area contributed by atoms with Crippen LogP contribution in [0.25, 0.3) is 21.8 Å². The summed E-state index contributed by atoms with van der Waals surface area (Å²) in [5.74, 6) is -18.7. The number of likely N-dealkylation sites (N-methyl/N-ethyl adjacent to an activating group) is 3. The van der Waals surface area contributed by atoms with E-state index in [-0.39, 0.29) is 127 Å². The van der Waals surface area contributed by atoms with Crippen molar-refractivity contribution >= 4 is 152 Å². The van der Waals surface area contributed by atoms with Crippen molar-refractivity contribution in [3.05, 3.63) is 102 Å². The number of H-pyrrole nitrogens is 1. The van der Waals surface area contributed by atoms with Crippen molar-refractivity contribution in [1.29, 1.82) is 0 Å². The molecule has 0 unspecified atom stereocenters. The van der Waals surface area contributed by atoms with E-state index in [1.807, 2.05) is 27.7 Å². The van der Waals surface area contributed by atoms with Gasteiger partial charge in [0.25, 0.3) is 0 Å². The number of aliphatic hydroxyl groups is 1. The number of amides is 19. The van der Waals surface area contributed by atoms with Gasteiger partial charge in [-0.1, -0.05) is 155 Å². The van der Waals surface area contributed by atoms with Crippen molar-refractivity contribution in [3.63, 3.8) is 0 Å². The monoisotopic (exact) mass is 2100 g/mol. The molecule has 14 atom stereocenters. The van der Waals surface area contributed by atoms with Crippen molar-refractivity contribution in [3.8, 4) is 5.75 Å². The molecule has 2 saturated heterocycles. The lowest BCUT2D eigenvalue weighted by Crippen LogP contribution is -2.61. The molecule has 5 aromatic rings. The maximum absolute atomic E-state index is 16.3. The second kappa shape index (κ2) is 61.9. The molecule has 2 aliphatic rings. The number of aliphatic hydroxyl groups excluding tert-OH is 1. The van der Waals surface area contributed by atoms with Crippen LogP contribution in [0.3, 0.4) is 0 Å². The number of rotatable bonds is 36. The van der Waals surface area contributed by atoms with Crippen LogP contribution in [0.5, 0.6) is 5.75 Å². The van der Waals surface area contributed by atoms with Gasteiger partial charge in [-0.2, -0.15) is 0 Å². The summed E-state index contributed by atoms with van der Waals surface area (Å²) in [7, 11) is 5.16. The highest BCUT2D eigenvalue weighted by Gasteiger charge is 2.46. The van der Waals surface area contributed by atoms with Crippen LogP contribution in [0.1, 0.15) is 220 Å². The van der Waals surface area contributed by atoms with Crippen LogP contribution in [-0.2, 0) is 126 Å². The molecule has 19 amide bonds. The topological polar surface area (TPSA) is 633 Å². The molecule has 3 aromatic carbocycles. The van der Waals surface area contributed by atoms with Gasteiger partial charge in [-0.3, -0.25) is 95.9 Å². The Morgan fingerprint density at radius 1 is 0.517 bits per heavy atom. The van der Waals surface area contributed by atoms with E-state index in [0.29, 0.717) is 89.9 Å². The molecule has 0 spiro atoms. The Kier molecular flexibility index (Phi) is 50.7. The van der Waals surface area contributed by atoms with Gasteiger partial charge in [-0.05, 0) is 118 Å². The number of ether oxygens (including phenoxy) is 1. The number of fused-ring (bicyclic) bond motifs is 3. The Labute approximate surface area is 873 Å². The second-order valence-corrected chi connectivity index (χ2v) is 40.2. The first-order valence-electron chi connectivity index (χ1n) is 51.6. The van der Waals surface area contributed by atoms with Gasteiger partial charge in [0.15, 0.2) is 0 Å². The largest absolute Gasteiger partial charge is 0.508 e. The number of esters is 1. The number of para-hydroxylation sites is 2. The first-order valence-corrected chi connectivity index (χ1v) is 52.8. The number of aromatic nitrogens is 2. The number of thioether (sulfide) groups is 1. The minimum Gasteiger partial charge on any atom is -0.508 e. The third kappa shape index (κ3) is 39.0. The number of aromatic hydroxyl groups is 1. The standard InChI is InChI=1S/C104H155N21O23S/c1-14-18-22-36-87(130)107-45-43-72-95(138)119-78(50-66-56-124(58-91(134)148-13)81-35-27-25-31-70(66)81)102(145)123(12)83(34-21-17-4)104(147)122(11)82(33-20-16-3)99(142)116-73(46-61(5)6)96(139)120-80(94(137)111-55-86(106)129)59-149-60-90(133)112-77(48-64-39-41-67(126)42-40-64)101(144)121(10)63(9)92(135)115-75(52-85(105)128)93(136)108-44-29-28-38-89(132)113-79(54-110-88(131)37-23-19-15-2)98(141)118-76(47-62(7)8)103(146)125-57-68(127)51-84(125)100(143)117-74(97(140)114-72)49-65-53-109-71-32-26-24-30-69(65)71/h24-27,30-32,35,39-42,53,56,61-63,68,72-80,82-84,109,126-127H,14-23,28-29,33-34,36-38,43-52,54-55,57-60H2,1-13H3,(H2,105,128)(H2,106,129)(H,107,130)(H,108,136)(H,110,131)(H,111,137)(H,112,133)(H,113,132)(H,114,140)(H,115,135)(H,116,142)(H,117,143)(H,118,141)(H,119,138)(H,120,139)/t63-,68+,72-,73-,74-,75-,76-,77-,78-,79-,80-,82-,83-,84-/m0/s1. The zero-order chi connectivity index (χ0) is 110. The smallest absolute Gasteiger partial charge is 0.325 e. The lowest BCUT2D eigenvalue weighted by Gasteiger charge is -2.36. The van der Waals surface area contributed by atoms with E-state index in [4.69, 9.17) is 16.2 Å². The lowest BCUT2D eigenvalue weighted by molar-refractivity contribution is -0.149. The average Bonchev–Trinajstić information content (AvgIpc) is 1.67. The molecule has 0 radical (unpaired) electrons. The van der Waals surface area contributed by atoms with Crippen molar-refractivity contribution in [1.82, 2.24) is 98.3 Å². The number of unbranched alkanes of at least 4 members (excludes halogenated alkanes) is 6. The van der Waals surface area contributed by atoms with Crippen molar-refractivity contribution < 1.29 is 111 Å². The summed E-state index contributed by atoms with van der Waals surface area (Å²) >= 11 is 0.791. The molecule has 7 rings (SSSR count). The minimum atomic E-state index is -1.71. The summed E-state index contributed by atoms with van der Waals surface area (Å²) in [4.78, 5) is 298. The number of nitrogens with two attached hydrogens (primary N) is 2. The van der Waals surface area contributed by atoms with E-state index < -0.39 is 241 Å². The zero-order valence-corrected chi connectivity index (χ0v) is 88.7. The number of nitrogens with one attached hydrogen (secondary N) is 14. The molecule has 4 heterocycles. The van der Waals surface area contributed by atoms with Crippen LogP contribution < -0.4 is 80.6 Å². The van der Waals surface area contributed by atoms with Crippen LogP contribution in [0.4, 0.5) is 0 Å². The summed E-state index contributed by atoms with van der Waals surface area (Å²) in [5, 5.41) is 58.1. The number of carbonyl (C=O) groups is 20. The highest BCUT2D eigenvalue weighted by molar-refractivity contribution is 8.00. The first-order chi connectivity index (χ1) is 70.9. The van der Waals surface area contributed by atoms with E-state index in [0.717, 1.165) is 39.3 Å². The fraction of sp³-hybridized carbons (Fsp3) is 0.596. The van der Waals surface area contributed by atoms with Gasteiger partial charge >= 0.3 is 5.97 Å². The minimum absolute atomic E-state index is 0.0107. The highest BCUT2D eigenvalue weighted by atomic mass is 32.2. The molecule has 149 heavy (non-hydrogen) atoms. The molecular formula is C104H155N21O23S. The molecule has 0 saturated carbocycles. The molecule has 2 fully saturated rings. The number of carbonyl (C=O) groups excluding carboxylic acids is 20. The van der Waals surface area contributed by atoms with Crippen molar-refractivity contribution in [2.45, 2.75) is 314 Å². The predicted molar refractivity (Wildman–Crippen MR) is 557 cm³/mol. The Morgan fingerprint density at radius 3 is 1.71 bits per heavy atom. The summed E-state index contributed by atoms with van der Waals surface area (Å²) < 4.78 is 6.68. The molecular weight excluding hydrogens is 1940 g/mol. The molecule has 0 bridgehead atoms. The van der Waals surface area contributed by atoms with Crippen LogP contribution >= 0.6 is 11.8 Å². The SMILES string of the molecule is CCCCCC(=O)NCC[C@@H]1NC(=O)[C@H](Cc2c[nH]c3ccccc23)NC(=O)[C@@H]2C[C@@H](O)CN2C(=O)[C@H](CC(C)C)NC(=O)[C@H](CNC(=O)CCCCC)NC(=O)CCCCNC(=O)[C@H](CC(N)=O)NC(=O)[C@H](C)N(C)C(=O)[C@H](Cc2ccc(O)cc2)NC(=O)CSC[C@@H](C(=O)NCC(N)=O)NC(=O)[C@H](CC(C)C)NC(=O)[C@H](CCCC)N(C)C(=O)[C@H](CCCC)N(C)C(=O)[C@H](Cc2cn(CC(=O)OC)c3ccccc23)NC1=O. The van der Waals surface area contributed by atoms with Crippen LogP contribution in [0.2, 0.25) is 0 Å². The number of primary amides is 2. The van der Waals surface area contributed by atoms with Gasteiger partial charge in [-0.15, -0.1) is 11.8 Å². The number of hydrogen-bond acceptors (Lipinski definition) is 24. The van der Waals surface area contributed by atoms with E-state index >= 15 is 38.4 Å². The molecule has 45 heteroatoms. The van der Waals surface area contributed by atoms with Gasteiger partial charge < -0.3 is 125 Å². The maximum Gasteiger partial charge on any atom is 0.325 e. The number of nitrogens with zero attached hydrogens (tertiary/aromatic N) is 5. The Bertz CT molecular complexity index is 5420. The molecule has 0 aliphatic carbocycles. The molecule has 20 N–H and O–H groups in total. The quantitative estimate of drug-likeness (QED) is 0.0200. The average molecular weight is 2100 g/mol. The second-order valence-electron chi connectivity index (χ2n) is 39.2. The Morgan fingerprint density at radius 2 is 1.07 bits per heavy atom. The van der Waals surface area contributed by atoms with E-state index in [1.165, 1.54) is 64.3 Å². The molecule has 820 valence electrons. The summed E-state index contributed by atoms with van der Waals surface area (Å²) in [6.07, 6.45) is 4.74. The molecule has 2 aliphatic heterocycles.